The summed E-state index contributed by atoms with van der Waals surface area (Å²) in [7, 11) is 0. The largest absolute Gasteiger partial charge is 0.383 e. The minimum atomic E-state index is -0.916. The highest BCUT2D eigenvalue weighted by atomic mass is 16.3. The smallest absolute Gasteiger partial charge is 0.244 e. The van der Waals surface area contributed by atoms with Crippen molar-refractivity contribution in [2.45, 2.75) is 51.3 Å². The molecule has 6 heteroatoms. The quantitative estimate of drug-likeness (QED) is 0.880. The first-order chi connectivity index (χ1) is 13.5. The first-order valence-corrected chi connectivity index (χ1v) is 10.3. The molecule has 4 rings (SSSR count). The number of likely N-dealkylation sites (tertiary alicyclic amines) is 2. The summed E-state index contributed by atoms with van der Waals surface area (Å²) in [5, 5.41) is 16.1. The molecule has 2 aliphatic rings. The van der Waals surface area contributed by atoms with Crippen molar-refractivity contribution in [1.29, 1.82) is 0 Å². The van der Waals surface area contributed by atoms with Gasteiger partial charge >= 0.3 is 0 Å². The van der Waals surface area contributed by atoms with Gasteiger partial charge in [-0.3, -0.25) is 14.4 Å². The van der Waals surface area contributed by atoms with E-state index < -0.39 is 5.60 Å². The van der Waals surface area contributed by atoms with Gasteiger partial charge in [-0.15, -0.1) is 0 Å². The van der Waals surface area contributed by atoms with Gasteiger partial charge in [-0.2, -0.15) is 5.10 Å². The van der Waals surface area contributed by atoms with E-state index in [1.165, 1.54) is 0 Å². The van der Waals surface area contributed by atoms with Crippen LogP contribution in [0.2, 0.25) is 0 Å². The molecule has 0 aliphatic carbocycles. The average Bonchev–Trinajstić information content (AvgIpc) is 3.32. The van der Waals surface area contributed by atoms with Crippen molar-refractivity contribution < 1.29 is 9.90 Å². The molecule has 150 valence electrons. The van der Waals surface area contributed by atoms with Gasteiger partial charge in [0.15, 0.2) is 0 Å². The minimum Gasteiger partial charge on any atom is -0.383 e. The molecule has 2 aromatic rings. The summed E-state index contributed by atoms with van der Waals surface area (Å²) in [4.78, 5) is 17.3. The molecule has 3 heterocycles. The number of benzene rings is 1. The van der Waals surface area contributed by atoms with E-state index >= 15 is 0 Å². The van der Waals surface area contributed by atoms with Crippen LogP contribution in [0.3, 0.4) is 0 Å². The lowest BCUT2D eigenvalue weighted by atomic mass is 9.79. The third-order valence-corrected chi connectivity index (χ3v) is 6.30. The Bertz CT molecular complexity index is 828. The zero-order valence-corrected chi connectivity index (χ0v) is 16.8. The molecule has 0 radical (unpaired) electrons. The Morgan fingerprint density at radius 1 is 1.18 bits per heavy atom. The summed E-state index contributed by atoms with van der Waals surface area (Å²) in [6.07, 6.45) is 2.86. The Hall–Kier alpha value is -2.18. The van der Waals surface area contributed by atoms with Crippen LogP contribution in [0.25, 0.3) is 0 Å². The molecule has 0 spiro atoms. The third kappa shape index (κ3) is 3.59. The number of aryl methyl sites for hydroxylation is 2. The molecule has 1 amide bonds. The van der Waals surface area contributed by atoms with E-state index in [0.717, 1.165) is 42.9 Å². The van der Waals surface area contributed by atoms with Gasteiger partial charge < -0.3 is 10.0 Å². The maximum absolute atomic E-state index is 13.0. The lowest BCUT2D eigenvalue weighted by Crippen LogP contribution is -2.61. The van der Waals surface area contributed by atoms with Crippen LogP contribution in [-0.4, -0.2) is 62.8 Å². The first kappa shape index (κ1) is 19.2. The van der Waals surface area contributed by atoms with Crippen molar-refractivity contribution >= 4 is 5.91 Å². The molecule has 2 saturated heterocycles. The van der Waals surface area contributed by atoms with Gasteiger partial charge in [0.1, 0.15) is 12.1 Å². The normalized spacial score (nSPS) is 26.0. The number of aromatic nitrogens is 2. The van der Waals surface area contributed by atoms with Crippen molar-refractivity contribution in [2.24, 2.45) is 0 Å². The van der Waals surface area contributed by atoms with E-state index in [9.17, 15) is 9.90 Å². The molecule has 0 unspecified atom stereocenters. The highest BCUT2D eigenvalue weighted by Crippen LogP contribution is 2.37. The lowest BCUT2D eigenvalue weighted by molar-refractivity contribution is -0.143. The van der Waals surface area contributed by atoms with Crippen LogP contribution in [-0.2, 0) is 16.9 Å². The number of carbonyl (C=O) groups is 1. The standard InChI is InChI=1S/C22H30N4O2/c1-17-14-18(2)26(23-17)16-21(27)25-13-10-22(28,19-8-4-3-5-9-19)20(15-25)24-11-6-7-12-24/h3-5,8-9,14,20,28H,6-7,10-13,15-16H2,1-2H3/t20-,22+/m1/s1. The highest BCUT2D eigenvalue weighted by Gasteiger charge is 2.47. The number of piperidine rings is 1. The molecule has 1 N–H and O–H groups in total. The SMILES string of the molecule is Cc1cc(C)n(CC(=O)N2CC[C@](O)(c3ccccc3)[C@H](N3CCCC3)C2)n1. The molecule has 0 saturated carbocycles. The van der Waals surface area contributed by atoms with Crippen LogP contribution in [0, 0.1) is 13.8 Å². The first-order valence-electron chi connectivity index (χ1n) is 10.3. The molecular formula is C22H30N4O2. The molecule has 1 aromatic carbocycles. The summed E-state index contributed by atoms with van der Waals surface area (Å²) in [5.41, 5.74) is 1.97. The molecule has 28 heavy (non-hydrogen) atoms. The second kappa shape index (κ2) is 7.68. The van der Waals surface area contributed by atoms with Crippen molar-refractivity contribution in [3.05, 3.63) is 53.3 Å². The van der Waals surface area contributed by atoms with Crippen molar-refractivity contribution in [3.63, 3.8) is 0 Å². The van der Waals surface area contributed by atoms with Gasteiger partial charge in [-0.1, -0.05) is 30.3 Å². The predicted octanol–water partition coefficient (Wildman–Crippen LogP) is 2.08. The number of nitrogens with zero attached hydrogens (tertiary/aromatic N) is 4. The van der Waals surface area contributed by atoms with E-state index in [4.69, 9.17) is 0 Å². The number of amides is 1. The van der Waals surface area contributed by atoms with Crippen LogP contribution in [0.15, 0.2) is 36.4 Å². The molecule has 2 atom stereocenters. The van der Waals surface area contributed by atoms with Gasteiger partial charge in [0.2, 0.25) is 5.91 Å². The Kier molecular flexibility index (Phi) is 5.25. The second-order valence-electron chi connectivity index (χ2n) is 8.22. The van der Waals surface area contributed by atoms with Crippen LogP contribution < -0.4 is 0 Å². The minimum absolute atomic E-state index is 0.0736. The number of hydrogen-bond donors (Lipinski definition) is 1. The van der Waals surface area contributed by atoms with Crippen LogP contribution in [0.1, 0.15) is 36.2 Å². The van der Waals surface area contributed by atoms with E-state index in [1.54, 1.807) is 4.68 Å². The van der Waals surface area contributed by atoms with Crippen LogP contribution in [0.4, 0.5) is 0 Å². The van der Waals surface area contributed by atoms with Crippen LogP contribution >= 0.6 is 0 Å². The van der Waals surface area contributed by atoms with E-state index in [-0.39, 0.29) is 18.5 Å². The predicted molar refractivity (Wildman–Crippen MR) is 108 cm³/mol. The summed E-state index contributed by atoms with van der Waals surface area (Å²) in [6.45, 7) is 7.27. The lowest BCUT2D eigenvalue weighted by Gasteiger charge is -2.48. The van der Waals surface area contributed by atoms with Gasteiger partial charge in [-0.05, 0) is 57.8 Å². The van der Waals surface area contributed by atoms with Gasteiger partial charge in [0.05, 0.1) is 11.7 Å². The van der Waals surface area contributed by atoms with Gasteiger partial charge in [0.25, 0.3) is 0 Å². The molecule has 2 aliphatic heterocycles. The summed E-state index contributed by atoms with van der Waals surface area (Å²) in [5.74, 6) is 0.0745. The summed E-state index contributed by atoms with van der Waals surface area (Å²) >= 11 is 0. The van der Waals surface area contributed by atoms with E-state index in [2.05, 4.69) is 10.00 Å². The van der Waals surface area contributed by atoms with E-state index in [1.807, 2.05) is 55.1 Å². The fraction of sp³-hybridized carbons (Fsp3) is 0.545. The van der Waals surface area contributed by atoms with Gasteiger partial charge in [0, 0.05) is 18.8 Å². The van der Waals surface area contributed by atoms with Crippen molar-refractivity contribution in [3.8, 4) is 0 Å². The maximum atomic E-state index is 13.0. The Labute approximate surface area is 166 Å². The third-order valence-electron chi connectivity index (χ3n) is 6.30. The molecular weight excluding hydrogens is 352 g/mol. The maximum Gasteiger partial charge on any atom is 0.244 e. The van der Waals surface area contributed by atoms with Crippen molar-refractivity contribution in [1.82, 2.24) is 19.6 Å². The number of carbonyl (C=O) groups excluding carboxylic acids is 1. The number of hydrogen-bond acceptors (Lipinski definition) is 4. The fourth-order valence-corrected chi connectivity index (χ4v) is 4.75. The summed E-state index contributed by atoms with van der Waals surface area (Å²) < 4.78 is 1.78. The zero-order chi connectivity index (χ0) is 19.7. The topological polar surface area (TPSA) is 61.6 Å². The highest BCUT2D eigenvalue weighted by molar-refractivity contribution is 5.76. The Morgan fingerprint density at radius 2 is 1.89 bits per heavy atom. The number of aliphatic hydroxyl groups is 1. The van der Waals surface area contributed by atoms with E-state index in [0.29, 0.717) is 19.5 Å². The number of rotatable bonds is 4. The Morgan fingerprint density at radius 3 is 2.54 bits per heavy atom. The zero-order valence-electron chi connectivity index (χ0n) is 16.8. The molecule has 2 fully saturated rings. The monoisotopic (exact) mass is 382 g/mol. The average molecular weight is 383 g/mol. The molecule has 0 bridgehead atoms. The van der Waals surface area contributed by atoms with Gasteiger partial charge in [-0.25, -0.2) is 0 Å². The van der Waals surface area contributed by atoms with Crippen LogP contribution in [0.5, 0.6) is 0 Å². The van der Waals surface area contributed by atoms with Crippen molar-refractivity contribution in [2.75, 3.05) is 26.2 Å². The molecule has 1 aromatic heterocycles. The second-order valence-corrected chi connectivity index (χ2v) is 8.22. The fourth-order valence-electron chi connectivity index (χ4n) is 4.75. The summed E-state index contributed by atoms with van der Waals surface area (Å²) in [6, 6.07) is 11.9. The molecule has 6 nitrogen and oxygen atoms in total. The Balaban J connectivity index is 1.55.